The van der Waals surface area contributed by atoms with Crippen LogP contribution in [-0.2, 0) is 4.79 Å². The number of nitrogens with zero attached hydrogens (tertiary/aromatic N) is 1. The second-order valence-electron chi connectivity index (χ2n) is 5.99. The quantitative estimate of drug-likeness (QED) is 0.717. The van der Waals surface area contributed by atoms with Crippen molar-refractivity contribution in [1.29, 1.82) is 0 Å². The van der Waals surface area contributed by atoms with E-state index >= 15 is 0 Å². The van der Waals surface area contributed by atoms with Crippen LogP contribution in [0.5, 0.6) is 0 Å². The highest BCUT2D eigenvalue weighted by Gasteiger charge is 2.16. The molecule has 1 saturated heterocycles. The van der Waals surface area contributed by atoms with Crippen LogP contribution < -0.4 is 15.5 Å². The minimum absolute atomic E-state index is 0.0794. The largest absolute Gasteiger partial charge is 0.374 e. The first-order chi connectivity index (χ1) is 12.2. The molecule has 0 spiro atoms. The number of carbonyl (C=O) groups excluding carboxylic acids is 1. The average molecular weight is 376 g/mol. The van der Waals surface area contributed by atoms with Gasteiger partial charge in [-0.05, 0) is 61.6 Å². The Morgan fingerprint density at radius 1 is 1.16 bits per heavy atom. The molecule has 1 aliphatic rings. The van der Waals surface area contributed by atoms with Gasteiger partial charge in [-0.15, -0.1) is 11.8 Å². The van der Waals surface area contributed by atoms with Crippen molar-refractivity contribution in [3.63, 3.8) is 0 Å². The topological polar surface area (TPSA) is 44.4 Å². The van der Waals surface area contributed by atoms with Crippen LogP contribution in [0.25, 0.3) is 0 Å². The van der Waals surface area contributed by atoms with Crippen LogP contribution in [0.3, 0.4) is 0 Å². The van der Waals surface area contributed by atoms with E-state index in [0.717, 1.165) is 30.2 Å². The number of nitrogens with one attached hydrogen (secondary N) is 2. The number of hydrogen-bond donors (Lipinski definition) is 2. The minimum Gasteiger partial charge on any atom is -0.374 e. The van der Waals surface area contributed by atoms with Gasteiger partial charge in [-0.3, -0.25) is 4.79 Å². The average Bonchev–Trinajstić information content (AvgIpc) is 3.15. The molecule has 2 N–H and O–H groups in total. The maximum atomic E-state index is 12.2. The van der Waals surface area contributed by atoms with Crippen molar-refractivity contribution >= 4 is 46.3 Å². The molecule has 0 aromatic heterocycles. The molecule has 2 aromatic carbocycles. The van der Waals surface area contributed by atoms with E-state index in [2.05, 4.69) is 15.5 Å². The predicted octanol–water partition coefficient (Wildman–Crippen LogP) is 4.71. The number of thioether (sulfide) groups is 1. The first-order valence-electron chi connectivity index (χ1n) is 8.38. The lowest BCUT2D eigenvalue weighted by molar-refractivity contribution is -0.114. The van der Waals surface area contributed by atoms with Gasteiger partial charge < -0.3 is 15.5 Å². The Bertz CT molecular complexity index is 730. The molecule has 0 bridgehead atoms. The van der Waals surface area contributed by atoms with Crippen molar-refractivity contribution in [3.05, 3.63) is 47.5 Å². The lowest BCUT2D eigenvalue weighted by Crippen LogP contribution is -2.24. The number of amides is 1. The molecule has 0 radical (unpaired) electrons. The zero-order valence-electron chi connectivity index (χ0n) is 14.2. The fourth-order valence-corrected chi connectivity index (χ4v) is 3.52. The maximum Gasteiger partial charge on any atom is 0.243 e. The highest BCUT2D eigenvalue weighted by atomic mass is 35.5. The van der Waals surface area contributed by atoms with Gasteiger partial charge in [-0.2, -0.15) is 0 Å². The number of carbonyl (C=O) groups is 1. The van der Waals surface area contributed by atoms with Gasteiger partial charge in [0.25, 0.3) is 0 Å². The summed E-state index contributed by atoms with van der Waals surface area (Å²) in [5.41, 5.74) is 2.82. The van der Waals surface area contributed by atoms with Crippen LogP contribution in [0.2, 0.25) is 5.02 Å². The summed E-state index contributed by atoms with van der Waals surface area (Å²) >= 11 is 7.81. The van der Waals surface area contributed by atoms with Gasteiger partial charge in [-0.25, -0.2) is 0 Å². The van der Waals surface area contributed by atoms with E-state index in [-0.39, 0.29) is 12.5 Å². The Balaban J connectivity index is 1.62. The zero-order valence-corrected chi connectivity index (χ0v) is 15.8. The molecule has 3 rings (SSSR count). The Morgan fingerprint density at radius 3 is 2.56 bits per heavy atom. The molecular formula is C19H22ClN3OS. The van der Waals surface area contributed by atoms with E-state index in [4.69, 9.17) is 11.6 Å². The Kier molecular flexibility index (Phi) is 6.10. The van der Waals surface area contributed by atoms with Gasteiger partial charge in [0.2, 0.25) is 5.91 Å². The van der Waals surface area contributed by atoms with Crippen molar-refractivity contribution < 1.29 is 4.79 Å². The lowest BCUT2D eigenvalue weighted by Gasteiger charge is -2.22. The van der Waals surface area contributed by atoms with E-state index in [1.807, 2.05) is 48.7 Å². The molecule has 0 atom stereocenters. The van der Waals surface area contributed by atoms with Crippen molar-refractivity contribution in [2.75, 3.05) is 41.4 Å². The van der Waals surface area contributed by atoms with Gasteiger partial charge >= 0.3 is 0 Å². The van der Waals surface area contributed by atoms with Crippen LogP contribution in [0.1, 0.15) is 12.8 Å². The normalized spacial score (nSPS) is 13.8. The zero-order chi connectivity index (χ0) is 17.6. The van der Waals surface area contributed by atoms with E-state index in [1.165, 1.54) is 17.7 Å². The van der Waals surface area contributed by atoms with Crippen LogP contribution in [0.4, 0.5) is 17.1 Å². The molecule has 1 fully saturated rings. The fourth-order valence-electron chi connectivity index (χ4n) is 2.94. The maximum absolute atomic E-state index is 12.2. The molecule has 25 heavy (non-hydrogen) atoms. The van der Waals surface area contributed by atoms with Crippen LogP contribution in [0.15, 0.2) is 47.4 Å². The Labute approximate surface area is 157 Å². The molecule has 1 amide bonds. The SMILES string of the molecule is CSc1ccc(NC(=O)CNc2cc(Cl)ccc2N2CCCC2)cc1. The Hall–Kier alpha value is -1.85. The standard InChI is InChI=1S/C19H22ClN3OS/c1-25-16-7-5-15(6-8-16)22-19(24)13-21-17-12-14(20)4-9-18(17)23-10-2-3-11-23/h4-9,12,21H,2-3,10-11,13H2,1H3,(H,22,24). The third-order valence-electron chi connectivity index (χ3n) is 4.22. The number of benzene rings is 2. The third kappa shape index (κ3) is 4.83. The van der Waals surface area contributed by atoms with Gasteiger partial charge in [0, 0.05) is 28.7 Å². The van der Waals surface area contributed by atoms with Gasteiger partial charge in [0.1, 0.15) is 0 Å². The predicted molar refractivity (Wildman–Crippen MR) is 108 cm³/mol. The highest BCUT2D eigenvalue weighted by molar-refractivity contribution is 7.98. The molecule has 1 aliphatic heterocycles. The first kappa shape index (κ1) is 18.0. The van der Waals surface area contributed by atoms with Crippen molar-refractivity contribution in [3.8, 4) is 0 Å². The van der Waals surface area contributed by atoms with E-state index in [9.17, 15) is 4.79 Å². The third-order valence-corrected chi connectivity index (χ3v) is 5.20. The monoisotopic (exact) mass is 375 g/mol. The molecule has 6 heteroatoms. The lowest BCUT2D eigenvalue weighted by atomic mass is 10.2. The number of hydrogen-bond acceptors (Lipinski definition) is 4. The first-order valence-corrected chi connectivity index (χ1v) is 9.98. The number of anilines is 3. The summed E-state index contributed by atoms with van der Waals surface area (Å²) in [6.07, 6.45) is 4.43. The highest BCUT2D eigenvalue weighted by Crippen LogP contribution is 2.31. The second kappa shape index (κ2) is 8.50. The molecule has 4 nitrogen and oxygen atoms in total. The van der Waals surface area contributed by atoms with Gasteiger partial charge in [0.15, 0.2) is 0 Å². The summed E-state index contributed by atoms with van der Waals surface area (Å²) in [5, 5.41) is 6.81. The Morgan fingerprint density at radius 2 is 1.88 bits per heavy atom. The smallest absolute Gasteiger partial charge is 0.243 e. The molecule has 1 heterocycles. The van der Waals surface area contributed by atoms with Crippen LogP contribution in [0, 0.1) is 0 Å². The second-order valence-corrected chi connectivity index (χ2v) is 7.30. The minimum atomic E-state index is -0.0794. The van der Waals surface area contributed by atoms with Crippen LogP contribution in [-0.4, -0.2) is 31.8 Å². The molecule has 0 saturated carbocycles. The van der Waals surface area contributed by atoms with E-state index in [0.29, 0.717) is 5.02 Å². The van der Waals surface area contributed by atoms with Crippen molar-refractivity contribution in [2.24, 2.45) is 0 Å². The fraction of sp³-hybridized carbons (Fsp3) is 0.316. The summed E-state index contributed by atoms with van der Waals surface area (Å²) in [6.45, 7) is 2.29. The van der Waals surface area contributed by atoms with Crippen LogP contribution >= 0.6 is 23.4 Å². The van der Waals surface area contributed by atoms with Crippen molar-refractivity contribution in [1.82, 2.24) is 0 Å². The van der Waals surface area contributed by atoms with Crippen molar-refractivity contribution in [2.45, 2.75) is 17.7 Å². The molecular weight excluding hydrogens is 354 g/mol. The summed E-state index contributed by atoms with van der Waals surface area (Å²) < 4.78 is 0. The number of rotatable bonds is 6. The molecule has 0 aliphatic carbocycles. The van der Waals surface area contributed by atoms with E-state index < -0.39 is 0 Å². The summed E-state index contributed by atoms with van der Waals surface area (Å²) in [7, 11) is 0. The van der Waals surface area contributed by atoms with Gasteiger partial charge in [0.05, 0.1) is 17.9 Å². The summed E-state index contributed by atoms with van der Waals surface area (Å²) in [5.74, 6) is -0.0794. The number of halogens is 1. The summed E-state index contributed by atoms with van der Waals surface area (Å²) in [6, 6.07) is 13.6. The van der Waals surface area contributed by atoms with Gasteiger partial charge in [-0.1, -0.05) is 11.6 Å². The molecule has 2 aromatic rings. The summed E-state index contributed by atoms with van der Waals surface area (Å²) in [4.78, 5) is 15.7. The molecule has 132 valence electrons. The van der Waals surface area contributed by atoms with E-state index in [1.54, 1.807) is 11.8 Å². The molecule has 0 unspecified atom stereocenters.